The maximum absolute atomic E-state index is 12.8. The summed E-state index contributed by atoms with van der Waals surface area (Å²) in [6, 6.07) is -0.158. The molecule has 6 nitrogen and oxygen atoms in total. The maximum Gasteiger partial charge on any atom is 0.306 e. The molecule has 5 aliphatic rings. The molecule has 1 heterocycles. The molecule has 271 valence electrons. The number of aliphatic hydroxyl groups excluding tert-OH is 2. The zero-order chi connectivity index (χ0) is 33.8. The van der Waals surface area contributed by atoms with Crippen molar-refractivity contribution in [1.29, 1.82) is 0 Å². The molecule has 4 unspecified atom stereocenters. The second-order valence-electron chi connectivity index (χ2n) is 17.7. The number of hydrogen-bond acceptors (Lipinski definition) is 5. The van der Waals surface area contributed by atoms with Crippen molar-refractivity contribution in [2.45, 2.75) is 162 Å². The summed E-state index contributed by atoms with van der Waals surface area (Å²) in [5.41, 5.74) is 2.37. The first-order valence-corrected chi connectivity index (χ1v) is 19.9. The van der Waals surface area contributed by atoms with E-state index in [0.717, 1.165) is 80.5 Å². The summed E-state index contributed by atoms with van der Waals surface area (Å²) in [7, 11) is 0. The van der Waals surface area contributed by atoms with Crippen molar-refractivity contribution in [1.82, 2.24) is 4.90 Å². The number of likely N-dealkylation sites (tertiary alicyclic amines) is 1. The molecule has 0 aromatic heterocycles. The minimum atomic E-state index is -0.158. The van der Waals surface area contributed by atoms with Gasteiger partial charge >= 0.3 is 5.97 Å². The maximum atomic E-state index is 12.8. The molecule has 0 bridgehead atoms. The van der Waals surface area contributed by atoms with Crippen molar-refractivity contribution in [3.63, 3.8) is 0 Å². The largest absolute Gasteiger partial charge is 0.462 e. The number of unbranched alkanes of at least 4 members (excludes halogenated alkanes) is 3. The Morgan fingerprint density at radius 3 is 2.38 bits per heavy atom. The van der Waals surface area contributed by atoms with Crippen molar-refractivity contribution in [3.05, 3.63) is 11.6 Å². The summed E-state index contributed by atoms with van der Waals surface area (Å²) >= 11 is 0. The molecule has 10 atom stereocenters. The topological polar surface area (TPSA) is 87.1 Å². The Hall–Kier alpha value is -0.296. The minimum absolute atomic E-state index is 0. The van der Waals surface area contributed by atoms with Crippen molar-refractivity contribution in [2.24, 2.45) is 52.3 Å². The van der Waals surface area contributed by atoms with Crippen LogP contribution in [0.2, 0.25) is 0 Å². The van der Waals surface area contributed by atoms with Crippen molar-refractivity contribution in [3.8, 4) is 0 Å². The van der Waals surface area contributed by atoms with Gasteiger partial charge < -0.3 is 19.8 Å². The average molecular weight is 745 g/mol. The van der Waals surface area contributed by atoms with E-state index in [0.29, 0.717) is 31.2 Å². The van der Waals surface area contributed by atoms with Crippen LogP contribution in [-0.2, 0) is 47.0 Å². The number of rotatable bonds is 15. The number of nitrogens with zero attached hydrogens (tertiary/aromatic N) is 1. The van der Waals surface area contributed by atoms with Crippen LogP contribution in [0.4, 0.5) is 0 Å². The van der Waals surface area contributed by atoms with E-state index in [9.17, 15) is 19.8 Å². The number of carbonyl (C=O) groups is 2. The van der Waals surface area contributed by atoms with Crippen LogP contribution >= 0.6 is 0 Å². The number of ether oxygens (including phenoxy) is 1. The number of esters is 1. The van der Waals surface area contributed by atoms with Gasteiger partial charge in [-0.3, -0.25) is 9.59 Å². The third-order valence-corrected chi connectivity index (χ3v) is 14.4. The normalized spacial score (nSPS) is 36.5. The summed E-state index contributed by atoms with van der Waals surface area (Å²) in [5, 5.41) is 19.0. The Morgan fingerprint density at radius 1 is 0.917 bits per heavy atom. The molecule has 0 aromatic rings. The summed E-state index contributed by atoms with van der Waals surface area (Å²) in [6.45, 7) is 13.1. The number of aliphatic hydroxyl groups is 2. The minimum Gasteiger partial charge on any atom is -0.462 e. The molecule has 3 saturated carbocycles. The Labute approximate surface area is 318 Å². The Balaban J connectivity index is 0.00000520. The molecular weight excluding hydrogens is 675 g/mol. The molecule has 7 heteroatoms. The van der Waals surface area contributed by atoms with Gasteiger partial charge in [0, 0.05) is 71.0 Å². The van der Waals surface area contributed by atoms with Gasteiger partial charge in [-0.15, -0.1) is 0 Å². The molecule has 2 N–H and O–H groups in total. The first-order chi connectivity index (χ1) is 22.5. The quantitative estimate of drug-likeness (QED) is 0.0999. The average Bonchev–Trinajstić information content (AvgIpc) is 3.63. The van der Waals surface area contributed by atoms with E-state index in [1.54, 1.807) is 10.5 Å². The molecule has 1 amide bonds. The van der Waals surface area contributed by atoms with E-state index < -0.39 is 0 Å². The van der Waals surface area contributed by atoms with Gasteiger partial charge in [0.15, 0.2) is 0 Å². The van der Waals surface area contributed by atoms with Gasteiger partial charge in [0.1, 0.15) is 6.10 Å². The third-order valence-electron chi connectivity index (χ3n) is 14.4. The van der Waals surface area contributed by atoms with Crippen LogP contribution in [0.15, 0.2) is 11.6 Å². The summed E-state index contributed by atoms with van der Waals surface area (Å²) < 4.78 is 6.07. The van der Waals surface area contributed by atoms with Gasteiger partial charge in [0.2, 0.25) is 5.91 Å². The van der Waals surface area contributed by atoms with Crippen LogP contribution < -0.4 is 0 Å². The fraction of sp³-hybridized carbons (Fsp3) is 0.902. The van der Waals surface area contributed by atoms with Gasteiger partial charge in [-0.1, -0.05) is 78.4 Å². The molecule has 0 aromatic carbocycles. The van der Waals surface area contributed by atoms with E-state index in [2.05, 4.69) is 40.7 Å². The fourth-order valence-electron chi connectivity index (χ4n) is 11.7. The molecule has 0 spiro atoms. The zero-order valence-electron chi connectivity index (χ0n) is 31.3. The summed E-state index contributed by atoms with van der Waals surface area (Å²) in [4.78, 5) is 27.2. The van der Waals surface area contributed by atoms with Crippen LogP contribution in [0.25, 0.3) is 0 Å². The molecule has 5 rings (SSSR count). The number of allylic oxidation sites excluding steroid dienone is 1. The predicted molar refractivity (Wildman–Crippen MR) is 188 cm³/mol. The Bertz CT molecular complexity index is 1090. The number of fused-ring (bicyclic) bond motifs is 5. The van der Waals surface area contributed by atoms with Crippen molar-refractivity contribution >= 4 is 11.9 Å². The molecule has 4 aliphatic carbocycles. The van der Waals surface area contributed by atoms with E-state index in [1.165, 1.54) is 51.4 Å². The van der Waals surface area contributed by atoms with Gasteiger partial charge in [-0.2, -0.15) is 0 Å². The Morgan fingerprint density at radius 2 is 1.67 bits per heavy atom. The van der Waals surface area contributed by atoms with Crippen molar-refractivity contribution in [2.75, 3.05) is 19.8 Å². The standard InChI is InChI=1S/C41H69NO5.Y/c1-28(2)11-10-12-29(3)35-17-18-36-34-16-15-31-24-33(19-21-40(31,4)37(34)20-22-41(35,36)5)47-39(46)14-9-7-6-8-13-38(45)42-25-30(26-43)23-32(42)27-44;/h15,28-30,32-37,43-44H,6-14,16-27H2,1-5H3;/t29-,30-,32+,33?,34?,35-,36?,37?,40+,41-;/m1./s1. The molecule has 1 aliphatic heterocycles. The SMILES string of the molecule is CC(C)CCC[C@@H](C)[C@H]1CCC2C3CC=C4CC(OC(=O)CCCCCCC(=O)N5C[C@H](CO)C[C@H]5CO)CC[C@]4(C)C3CC[C@@]21C.[Y]. The number of hydrogen-bond donors (Lipinski definition) is 2. The second-order valence-corrected chi connectivity index (χ2v) is 17.7. The van der Waals surface area contributed by atoms with Gasteiger partial charge in [-0.25, -0.2) is 0 Å². The van der Waals surface area contributed by atoms with E-state index in [4.69, 9.17) is 4.74 Å². The van der Waals surface area contributed by atoms with Crippen LogP contribution in [-0.4, -0.2) is 58.9 Å². The van der Waals surface area contributed by atoms with E-state index in [-0.39, 0.29) is 81.3 Å². The first kappa shape index (κ1) is 40.5. The zero-order valence-corrected chi connectivity index (χ0v) is 34.1. The van der Waals surface area contributed by atoms with Crippen LogP contribution in [0.3, 0.4) is 0 Å². The molecule has 48 heavy (non-hydrogen) atoms. The fourth-order valence-corrected chi connectivity index (χ4v) is 11.7. The molecule has 1 radical (unpaired) electrons. The number of carbonyl (C=O) groups excluding carboxylic acids is 2. The summed E-state index contributed by atoms with van der Waals surface area (Å²) in [6.07, 6.45) is 21.8. The van der Waals surface area contributed by atoms with Crippen molar-refractivity contribution < 1.29 is 57.2 Å². The van der Waals surface area contributed by atoms with Gasteiger partial charge in [-0.05, 0) is 111 Å². The molecule has 1 saturated heterocycles. The smallest absolute Gasteiger partial charge is 0.306 e. The van der Waals surface area contributed by atoms with Gasteiger partial charge in [0.25, 0.3) is 0 Å². The Kier molecular flexibility index (Phi) is 15.1. The third kappa shape index (κ3) is 9.01. The summed E-state index contributed by atoms with van der Waals surface area (Å²) in [5.74, 6) is 5.14. The number of amides is 1. The first-order valence-electron chi connectivity index (χ1n) is 19.9. The van der Waals surface area contributed by atoms with Crippen LogP contribution in [0.5, 0.6) is 0 Å². The second kappa shape index (κ2) is 18.0. The van der Waals surface area contributed by atoms with Gasteiger partial charge in [0.05, 0.1) is 12.6 Å². The van der Waals surface area contributed by atoms with Crippen LogP contribution in [0.1, 0.15) is 150 Å². The monoisotopic (exact) mass is 744 g/mol. The van der Waals surface area contributed by atoms with Crippen LogP contribution in [0, 0.1) is 52.3 Å². The van der Waals surface area contributed by atoms with E-state index >= 15 is 0 Å². The van der Waals surface area contributed by atoms with E-state index in [1.807, 2.05) is 0 Å². The molecule has 4 fully saturated rings. The predicted octanol–water partition coefficient (Wildman–Crippen LogP) is 8.48. The molecular formula is C41H69NO5Y.